The number of pyridine rings is 1. The molecule has 0 saturated heterocycles. The Labute approximate surface area is 216 Å². The highest BCUT2D eigenvalue weighted by Gasteiger charge is 2.38. The lowest BCUT2D eigenvalue weighted by Gasteiger charge is -2.38. The minimum atomic E-state index is -0.535. The first-order chi connectivity index (χ1) is 16.4. The maximum absolute atomic E-state index is 12.9. The quantitative estimate of drug-likeness (QED) is 0.364. The Balaban J connectivity index is 1.94. The minimum Gasteiger partial charge on any atom is -0.471 e. The third kappa shape index (κ3) is 5.29. The van der Waals surface area contributed by atoms with Crippen LogP contribution in [0.3, 0.4) is 0 Å². The molecule has 7 heteroatoms. The molecule has 5 nitrogen and oxygen atoms in total. The number of carbonyl (C=O) groups is 1. The SMILES string of the molecule is [C-]#[N+]c1ccc(-c2nc3c(cc2-c2ccc(Cl)cc2)C(NC(=O)C(C)(C)C)CC(C)(C)O3)c(Cl)c1. The van der Waals surface area contributed by atoms with Gasteiger partial charge in [-0.25, -0.2) is 9.83 Å². The Bertz CT molecular complexity index is 1340. The van der Waals surface area contributed by atoms with E-state index in [1.807, 2.05) is 65.0 Å². The van der Waals surface area contributed by atoms with Crippen LogP contribution in [0, 0.1) is 12.0 Å². The van der Waals surface area contributed by atoms with Gasteiger partial charge in [-0.15, -0.1) is 0 Å². The predicted molar refractivity (Wildman–Crippen MR) is 141 cm³/mol. The van der Waals surface area contributed by atoms with E-state index >= 15 is 0 Å². The van der Waals surface area contributed by atoms with Crippen LogP contribution in [0.4, 0.5) is 5.69 Å². The van der Waals surface area contributed by atoms with Gasteiger partial charge in [0.25, 0.3) is 0 Å². The molecule has 1 aromatic heterocycles. The van der Waals surface area contributed by atoms with Crippen LogP contribution in [0.5, 0.6) is 5.88 Å². The fourth-order valence-corrected chi connectivity index (χ4v) is 4.46. The Morgan fingerprint density at radius 3 is 2.40 bits per heavy atom. The van der Waals surface area contributed by atoms with E-state index in [9.17, 15) is 4.79 Å². The lowest BCUT2D eigenvalue weighted by Crippen LogP contribution is -2.44. The van der Waals surface area contributed by atoms with Crippen molar-refractivity contribution in [1.29, 1.82) is 0 Å². The van der Waals surface area contributed by atoms with E-state index in [2.05, 4.69) is 10.2 Å². The summed E-state index contributed by atoms with van der Waals surface area (Å²) in [6, 6.07) is 14.4. The fraction of sp³-hybridized carbons (Fsp3) is 0.321. The molecule has 1 amide bonds. The Hall–Kier alpha value is -3.07. The molecular formula is C28H27Cl2N3O2. The number of nitrogens with one attached hydrogen (secondary N) is 1. The molecular weight excluding hydrogens is 481 g/mol. The largest absolute Gasteiger partial charge is 0.471 e. The molecule has 0 saturated carbocycles. The summed E-state index contributed by atoms with van der Waals surface area (Å²) in [6.45, 7) is 16.9. The highest BCUT2D eigenvalue weighted by molar-refractivity contribution is 6.33. The number of rotatable bonds is 3. The van der Waals surface area contributed by atoms with Gasteiger partial charge in [-0.05, 0) is 43.7 Å². The van der Waals surface area contributed by atoms with E-state index < -0.39 is 11.0 Å². The first kappa shape index (κ1) is 25.0. The first-order valence-corrected chi connectivity index (χ1v) is 12.1. The normalized spacial score (nSPS) is 16.6. The number of nitrogens with zero attached hydrogens (tertiary/aromatic N) is 2. The number of fused-ring (bicyclic) bond motifs is 1. The Kier molecular flexibility index (Phi) is 6.57. The molecule has 1 N–H and O–H groups in total. The molecule has 0 aliphatic carbocycles. The molecule has 3 aromatic rings. The van der Waals surface area contributed by atoms with E-state index in [4.69, 9.17) is 39.5 Å². The Morgan fingerprint density at radius 2 is 1.80 bits per heavy atom. The van der Waals surface area contributed by atoms with Crippen LogP contribution in [0.2, 0.25) is 10.0 Å². The number of aromatic nitrogens is 1. The standard InChI is InChI=1S/C28H27Cl2N3O2/c1-27(2,3)26(34)32-23-15-28(4,5)35-25-21(23)14-20(16-7-9-17(29)10-8-16)24(33-25)19-12-11-18(31-6)13-22(19)30/h7-14,23H,15H2,1-5H3,(H,32,34). The smallest absolute Gasteiger partial charge is 0.225 e. The van der Waals surface area contributed by atoms with Gasteiger partial charge in [-0.1, -0.05) is 68.2 Å². The van der Waals surface area contributed by atoms with Gasteiger partial charge in [-0.2, -0.15) is 0 Å². The zero-order valence-electron chi connectivity index (χ0n) is 20.4. The van der Waals surface area contributed by atoms with Crippen LogP contribution in [0.1, 0.15) is 52.6 Å². The summed E-state index contributed by atoms with van der Waals surface area (Å²) in [5, 5.41) is 4.26. The molecule has 1 aliphatic heterocycles. The highest BCUT2D eigenvalue weighted by Crippen LogP contribution is 2.45. The van der Waals surface area contributed by atoms with Crippen LogP contribution in [0.25, 0.3) is 27.2 Å². The number of halogens is 2. The molecule has 2 aromatic carbocycles. The van der Waals surface area contributed by atoms with Gasteiger partial charge in [0.15, 0.2) is 5.69 Å². The van der Waals surface area contributed by atoms with E-state index in [-0.39, 0.29) is 11.9 Å². The number of carbonyl (C=O) groups excluding carboxylic acids is 1. The van der Waals surface area contributed by atoms with Crippen molar-refractivity contribution < 1.29 is 9.53 Å². The lowest BCUT2D eigenvalue weighted by molar-refractivity contribution is -0.129. The van der Waals surface area contributed by atoms with Crippen molar-refractivity contribution in [2.75, 3.05) is 0 Å². The van der Waals surface area contributed by atoms with E-state index in [0.29, 0.717) is 39.3 Å². The van der Waals surface area contributed by atoms with Crippen molar-refractivity contribution in [3.8, 4) is 28.3 Å². The van der Waals surface area contributed by atoms with Crippen LogP contribution in [0.15, 0.2) is 48.5 Å². The molecule has 0 bridgehead atoms. The third-order valence-electron chi connectivity index (χ3n) is 5.94. The maximum Gasteiger partial charge on any atom is 0.225 e. The Morgan fingerprint density at radius 1 is 1.11 bits per heavy atom. The summed E-state index contributed by atoms with van der Waals surface area (Å²) in [5.41, 5.74) is 3.24. The monoisotopic (exact) mass is 507 g/mol. The van der Waals surface area contributed by atoms with Crippen LogP contribution < -0.4 is 10.1 Å². The summed E-state index contributed by atoms with van der Waals surface area (Å²) >= 11 is 12.8. The van der Waals surface area contributed by atoms with Crippen molar-refractivity contribution in [3.63, 3.8) is 0 Å². The molecule has 0 fully saturated rings. The molecule has 35 heavy (non-hydrogen) atoms. The molecule has 0 spiro atoms. The van der Waals surface area contributed by atoms with Gasteiger partial charge < -0.3 is 10.1 Å². The zero-order valence-corrected chi connectivity index (χ0v) is 21.9. The van der Waals surface area contributed by atoms with E-state index in [1.165, 1.54) is 0 Å². The summed E-state index contributed by atoms with van der Waals surface area (Å²) in [5.74, 6) is 0.416. The van der Waals surface area contributed by atoms with Crippen molar-refractivity contribution in [2.24, 2.45) is 5.41 Å². The van der Waals surface area contributed by atoms with E-state index in [0.717, 1.165) is 16.7 Å². The van der Waals surface area contributed by atoms with E-state index in [1.54, 1.807) is 18.2 Å². The van der Waals surface area contributed by atoms with Crippen LogP contribution >= 0.6 is 23.2 Å². The first-order valence-electron chi connectivity index (χ1n) is 11.4. The van der Waals surface area contributed by atoms with Crippen molar-refractivity contribution in [1.82, 2.24) is 10.3 Å². The average Bonchev–Trinajstić information content (AvgIpc) is 2.77. The van der Waals surface area contributed by atoms with Crippen LogP contribution in [-0.2, 0) is 4.79 Å². The second-order valence-corrected chi connectivity index (χ2v) is 11.2. The molecule has 1 aliphatic rings. The number of hydrogen-bond acceptors (Lipinski definition) is 3. The third-order valence-corrected chi connectivity index (χ3v) is 6.50. The average molecular weight is 508 g/mol. The topological polar surface area (TPSA) is 55.6 Å². The summed E-state index contributed by atoms with van der Waals surface area (Å²) in [6.07, 6.45) is 0.601. The van der Waals surface area contributed by atoms with Gasteiger partial charge in [-0.3, -0.25) is 4.79 Å². The molecule has 4 rings (SSSR count). The highest BCUT2D eigenvalue weighted by atomic mass is 35.5. The number of benzene rings is 2. The van der Waals surface area contributed by atoms with Gasteiger partial charge in [0, 0.05) is 38.6 Å². The molecule has 2 heterocycles. The molecule has 1 atom stereocenters. The summed E-state index contributed by atoms with van der Waals surface area (Å²) < 4.78 is 6.30. The number of hydrogen-bond donors (Lipinski definition) is 1. The van der Waals surface area contributed by atoms with Crippen molar-refractivity contribution >= 4 is 34.8 Å². The van der Waals surface area contributed by atoms with Gasteiger partial charge in [0.05, 0.1) is 18.3 Å². The molecule has 0 radical (unpaired) electrons. The second-order valence-electron chi connectivity index (χ2n) is 10.4. The van der Waals surface area contributed by atoms with Gasteiger partial charge in [0.1, 0.15) is 5.60 Å². The summed E-state index contributed by atoms with van der Waals surface area (Å²) in [4.78, 5) is 21.3. The maximum atomic E-state index is 12.9. The fourth-order valence-electron chi connectivity index (χ4n) is 4.07. The lowest BCUT2D eigenvalue weighted by atomic mass is 9.87. The number of ether oxygens (including phenoxy) is 1. The summed E-state index contributed by atoms with van der Waals surface area (Å²) in [7, 11) is 0. The van der Waals surface area contributed by atoms with Crippen molar-refractivity contribution in [3.05, 3.63) is 75.6 Å². The molecule has 180 valence electrons. The molecule has 1 unspecified atom stereocenters. The number of amides is 1. The zero-order chi connectivity index (χ0) is 25.5. The van der Waals surface area contributed by atoms with Crippen molar-refractivity contribution in [2.45, 2.75) is 52.7 Å². The van der Waals surface area contributed by atoms with Gasteiger partial charge >= 0.3 is 0 Å². The minimum absolute atomic E-state index is 0.0407. The van der Waals surface area contributed by atoms with Crippen LogP contribution in [-0.4, -0.2) is 16.5 Å². The van der Waals surface area contributed by atoms with Gasteiger partial charge in [0.2, 0.25) is 11.8 Å². The predicted octanol–water partition coefficient (Wildman–Crippen LogP) is 8.04. The second kappa shape index (κ2) is 9.18.